The molecule has 3 rings (SSSR count). The molecule has 80 valence electrons. The lowest BCUT2D eigenvalue weighted by molar-refractivity contribution is 0.0209. The molecule has 0 aromatic heterocycles. The quantitative estimate of drug-likeness (QED) is 0.706. The van der Waals surface area contributed by atoms with Gasteiger partial charge >= 0.3 is 0 Å². The normalized spacial score (nSPS) is 31.4. The maximum absolute atomic E-state index is 13.4. The maximum atomic E-state index is 13.4. The van der Waals surface area contributed by atoms with Crippen LogP contribution in [0.4, 0.5) is 8.78 Å². The summed E-state index contributed by atoms with van der Waals surface area (Å²) in [7, 11) is 0. The van der Waals surface area contributed by atoms with Crippen molar-refractivity contribution in [2.24, 2.45) is 0 Å². The minimum Gasteiger partial charge on any atom is -0.376 e. The van der Waals surface area contributed by atoms with E-state index < -0.39 is 11.3 Å². The highest BCUT2D eigenvalue weighted by atomic mass is 79.9. The van der Waals surface area contributed by atoms with Crippen molar-refractivity contribution in [1.29, 1.82) is 0 Å². The van der Waals surface area contributed by atoms with E-state index in [2.05, 4.69) is 15.9 Å². The van der Waals surface area contributed by atoms with E-state index in [0.29, 0.717) is 6.61 Å². The van der Waals surface area contributed by atoms with Crippen LogP contribution in [0.2, 0.25) is 0 Å². The van der Waals surface area contributed by atoms with Crippen molar-refractivity contribution in [3.63, 3.8) is 0 Å². The van der Waals surface area contributed by atoms with E-state index in [1.54, 1.807) is 6.07 Å². The second-order valence-corrected chi connectivity index (χ2v) is 5.17. The van der Waals surface area contributed by atoms with E-state index >= 15 is 0 Å². The molecule has 0 N–H and O–H groups in total. The van der Waals surface area contributed by atoms with Gasteiger partial charge in [0, 0.05) is 10.9 Å². The number of hydrogen-bond acceptors (Lipinski definition) is 1. The molecule has 0 bridgehead atoms. The first kappa shape index (κ1) is 9.73. The fourth-order valence-corrected chi connectivity index (χ4v) is 2.68. The van der Waals surface area contributed by atoms with Crippen molar-refractivity contribution in [3.8, 4) is 0 Å². The molecule has 1 heterocycles. The van der Waals surface area contributed by atoms with Gasteiger partial charge in [-0.15, -0.1) is 0 Å². The first-order chi connectivity index (χ1) is 7.05. The summed E-state index contributed by atoms with van der Waals surface area (Å²) in [4.78, 5) is 0. The summed E-state index contributed by atoms with van der Waals surface area (Å²) in [5, 5.41) is 0. The van der Waals surface area contributed by atoms with Gasteiger partial charge < -0.3 is 4.74 Å². The molecule has 2 aliphatic rings. The molecule has 15 heavy (non-hydrogen) atoms. The van der Waals surface area contributed by atoms with Gasteiger partial charge in [0.05, 0.1) is 18.6 Å². The average molecular weight is 275 g/mol. The van der Waals surface area contributed by atoms with Gasteiger partial charge in [-0.1, -0.05) is 22.0 Å². The molecule has 1 aliphatic carbocycles. The van der Waals surface area contributed by atoms with Crippen molar-refractivity contribution in [3.05, 3.63) is 33.8 Å². The SMILES string of the molecule is FC1(F)CC12COCc1ccc(Br)cc12. The molecule has 1 aromatic rings. The first-order valence-electron chi connectivity index (χ1n) is 4.80. The van der Waals surface area contributed by atoms with Gasteiger partial charge in [-0.25, -0.2) is 8.78 Å². The van der Waals surface area contributed by atoms with Gasteiger partial charge in [0.15, 0.2) is 0 Å². The summed E-state index contributed by atoms with van der Waals surface area (Å²) in [5.41, 5.74) is 0.611. The van der Waals surface area contributed by atoms with Crippen LogP contribution in [-0.2, 0) is 16.8 Å². The Morgan fingerprint density at radius 3 is 2.73 bits per heavy atom. The zero-order valence-corrected chi connectivity index (χ0v) is 9.48. The van der Waals surface area contributed by atoms with Crippen molar-refractivity contribution in [2.75, 3.05) is 6.61 Å². The lowest BCUT2D eigenvalue weighted by Crippen LogP contribution is -2.28. The third kappa shape index (κ3) is 1.21. The number of rotatable bonds is 0. The molecular formula is C11H9BrF2O. The second-order valence-electron chi connectivity index (χ2n) is 4.26. The maximum Gasteiger partial charge on any atom is 0.261 e. The number of hydrogen-bond donors (Lipinski definition) is 0. The first-order valence-corrected chi connectivity index (χ1v) is 5.59. The molecule has 1 spiro atoms. The Morgan fingerprint density at radius 2 is 2.07 bits per heavy atom. The third-order valence-electron chi connectivity index (χ3n) is 3.29. The lowest BCUT2D eigenvalue weighted by atomic mass is 9.90. The Morgan fingerprint density at radius 1 is 1.33 bits per heavy atom. The number of benzene rings is 1. The van der Waals surface area contributed by atoms with Gasteiger partial charge in [0.1, 0.15) is 0 Å². The fraction of sp³-hybridized carbons (Fsp3) is 0.455. The van der Waals surface area contributed by atoms with Gasteiger partial charge in [-0.3, -0.25) is 0 Å². The monoisotopic (exact) mass is 274 g/mol. The molecule has 1 fully saturated rings. The zero-order chi connectivity index (χ0) is 10.7. The van der Waals surface area contributed by atoms with Crippen molar-refractivity contribution < 1.29 is 13.5 Å². The summed E-state index contributed by atoms with van der Waals surface area (Å²) in [5.74, 6) is -2.59. The van der Waals surface area contributed by atoms with Crippen molar-refractivity contribution >= 4 is 15.9 Å². The zero-order valence-electron chi connectivity index (χ0n) is 7.90. The van der Waals surface area contributed by atoms with Crippen LogP contribution in [-0.4, -0.2) is 12.5 Å². The molecule has 1 nitrogen and oxygen atoms in total. The highest BCUT2D eigenvalue weighted by Gasteiger charge is 2.73. The van der Waals surface area contributed by atoms with Crippen LogP contribution in [0, 0.1) is 0 Å². The Kier molecular flexibility index (Phi) is 1.81. The van der Waals surface area contributed by atoms with Crippen LogP contribution in [0.3, 0.4) is 0 Å². The second kappa shape index (κ2) is 2.80. The molecule has 1 saturated carbocycles. The van der Waals surface area contributed by atoms with Crippen LogP contribution < -0.4 is 0 Å². The molecule has 1 aromatic carbocycles. The largest absolute Gasteiger partial charge is 0.376 e. The summed E-state index contributed by atoms with van der Waals surface area (Å²) in [6, 6.07) is 5.52. The van der Waals surface area contributed by atoms with Gasteiger partial charge in [-0.05, 0) is 23.3 Å². The topological polar surface area (TPSA) is 9.23 Å². The fourth-order valence-electron chi connectivity index (χ4n) is 2.32. The molecule has 4 heteroatoms. The third-order valence-corrected chi connectivity index (χ3v) is 3.79. The van der Waals surface area contributed by atoms with Crippen LogP contribution in [0.1, 0.15) is 17.5 Å². The van der Waals surface area contributed by atoms with Crippen LogP contribution >= 0.6 is 15.9 Å². The van der Waals surface area contributed by atoms with E-state index in [-0.39, 0.29) is 13.0 Å². The van der Waals surface area contributed by atoms with Gasteiger partial charge in [0.2, 0.25) is 0 Å². The van der Waals surface area contributed by atoms with E-state index in [4.69, 9.17) is 4.74 Å². The van der Waals surface area contributed by atoms with Crippen LogP contribution in [0.25, 0.3) is 0 Å². The van der Waals surface area contributed by atoms with Crippen molar-refractivity contribution in [1.82, 2.24) is 0 Å². The van der Waals surface area contributed by atoms with Gasteiger partial charge in [0.25, 0.3) is 5.92 Å². The predicted molar refractivity (Wildman–Crippen MR) is 55.0 cm³/mol. The molecule has 1 aliphatic heterocycles. The highest BCUT2D eigenvalue weighted by molar-refractivity contribution is 9.10. The minimum absolute atomic E-state index is 0.0799. The molecule has 0 saturated heterocycles. The summed E-state index contributed by atoms with van der Waals surface area (Å²) >= 11 is 3.32. The average Bonchev–Trinajstić information content (AvgIpc) is 2.71. The molecule has 1 unspecified atom stereocenters. The molecule has 0 radical (unpaired) electrons. The Labute approximate surface area is 94.6 Å². The van der Waals surface area contributed by atoms with E-state index in [0.717, 1.165) is 15.6 Å². The minimum atomic E-state index is -2.59. The van der Waals surface area contributed by atoms with Gasteiger partial charge in [-0.2, -0.15) is 0 Å². The Balaban J connectivity index is 2.15. The van der Waals surface area contributed by atoms with Crippen LogP contribution in [0.5, 0.6) is 0 Å². The lowest BCUT2D eigenvalue weighted by Gasteiger charge is -2.26. The van der Waals surface area contributed by atoms with Crippen LogP contribution in [0.15, 0.2) is 22.7 Å². The summed E-state index contributed by atoms with van der Waals surface area (Å²) in [6.45, 7) is 0.587. The Hall–Kier alpha value is -0.480. The smallest absolute Gasteiger partial charge is 0.261 e. The number of ether oxygens (including phenoxy) is 1. The number of halogens is 3. The predicted octanol–water partition coefficient (Wildman–Crippen LogP) is 3.26. The molecular weight excluding hydrogens is 266 g/mol. The summed E-state index contributed by atoms with van der Waals surface area (Å²) < 4.78 is 32.9. The summed E-state index contributed by atoms with van der Waals surface area (Å²) in [6.07, 6.45) is -0.0799. The van der Waals surface area contributed by atoms with E-state index in [9.17, 15) is 8.78 Å². The molecule has 0 amide bonds. The van der Waals surface area contributed by atoms with E-state index in [1.165, 1.54) is 0 Å². The Bertz CT molecular complexity index is 433. The number of fused-ring (bicyclic) bond motifs is 2. The standard InChI is InChI=1S/C11H9BrF2O/c12-8-2-1-7-4-15-6-10(9(7)3-8)5-11(10,13)14/h1-3H,4-6H2. The van der Waals surface area contributed by atoms with E-state index in [1.807, 2.05) is 12.1 Å². The molecule has 1 atom stereocenters. The van der Waals surface area contributed by atoms with Crippen molar-refractivity contribution in [2.45, 2.75) is 24.4 Å². The number of alkyl halides is 2. The highest BCUT2D eigenvalue weighted by Crippen LogP contribution is 2.63.